The monoisotopic (exact) mass is 300 g/mol. The van der Waals surface area contributed by atoms with Crippen LogP contribution < -0.4 is 9.64 Å². The van der Waals surface area contributed by atoms with Crippen molar-refractivity contribution < 1.29 is 14.2 Å². The van der Waals surface area contributed by atoms with Gasteiger partial charge in [0.2, 0.25) is 0 Å². The van der Waals surface area contributed by atoms with Crippen molar-refractivity contribution >= 4 is 5.69 Å². The molecule has 2 aromatic carbocycles. The normalized spacial score (nSPS) is 11.6. The van der Waals surface area contributed by atoms with E-state index in [9.17, 15) is 9.50 Å². The molecule has 0 saturated carbocycles. The van der Waals surface area contributed by atoms with E-state index in [4.69, 9.17) is 10.00 Å². The minimum atomic E-state index is -0.733. The Morgan fingerprint density at radius 1 is 1.27 bits per heavy atom. The highest BCUT2D eigenvalue weighted by molar-refractivity contribution is 5.49. The summed E-state index contributed by atoms with van der Waals surface area (Å²) in [7, 11) is 3.19. The number of anilines is 1. The number of aliphatic hydroxyl groups is 1. The molecule has 0 aliphatic rings. The van der Waals surface area contributed by atoms with Crippen molar-refractivity contribution in [3.8, 4) is 11.8 Å². The fourth-order valence-electron chi connectivity index (χ4n) is 2.14. The first-order chi connectivity index (χ1) is 10.5. The maximum atomic E-state index is 13.7. The second kappa shape index (κ2) is 6.92. The number of hydrogen-bond acceptors (Lipinski definition) is 4. The minimum absolute atomic E-state index is 0.185. The molecule has 0 saturated heterocycles. The SMILES string of the molecule is COc1ccc(N(C)CC(O)c2ccc(C#N)cc2)cc1F. The van der Waals surface area contributed by atoms with Crippen LogP contribution in [0.4, 0.5) is 10.1 Å². The second-order valence-corrected chi connectivity index (χ2v) is 4.95. The van der Waals surface area contributed by atoms with Crippen LogP contribution in [0.3, 0.4) is 0 Å². The summed E-state index contributed by atoms with van der Waals surface area (Å²) in [5.41, 5.74) is 1.90. The Labute approximate surface area is 129 Å². The van der Waals surface area contributed by atoms with Gasteiger partial charge in [-0.3, -0.25) is 0 Å². The highest BCUT2D eigenvalue weighted by Crippen LogP contribution is 2.24. The van der Waals surface area contributed by atoms with Gasteiger partial charge in [0, 0.05) is 25.3 Å². The molecule has 1 unspecified atom stereocenters. The van der Waals surface area contributed by atoms with Crippen LogP contribution in [-0.2, 0) is 0 Å². The third-order valence-corrected chi connectivity index (χ3v) is 3.45. The average molecular weight is 300 g/mol. The summed E-state index contributed by atoms with van der Waals surface area (Å²) in [6, 6.07) is 13.4. The number of nitriles is 1. The summed E-state index contributed by atoms with van der Waals surface area (Å²) >= 11 is 0. The average Bonchev–Trinajstić information content (AvgIpc) is 2.54. The maximum absolute atomic E-state index is 13.7. The topological polar surface area (TPSA) is 56.5 Å². The summed E-state index contributed by atoms with van der Waals surface area (Å²) in [5.74, 6) is -0.260. The molecule has 0 bridgehead atoms. The van der Waals surface area contributed by atoms with Crippen molar-refractivity contribution in [3.63, 3.8) is 0 Å². The van der Waals surface area contributed by atoms with Gasteiger partial charge in [-0.15, -0.1) is 0 Å². The van der Waals surface area contributed by atoms with Gasteiger partial charge in [0.1, 0.15) is 0 Å². The molecule has 1 N–H and O–H groups in total. The van der Waals surface area contributed by atoms with E-state index in [1.165, 1.54) is 13.2 Å². The van der Waals surface area contributed by atoms with Crippen LogP contribution in [0.25, 0.3) is 0 Å². The molecule has 4 nitrogen and oxygen atoms in total. The summed E-state index contributed by atoms with van der Waals surface area (Å²) in [6.45, 7) is 0.303. The van der Waals surface area contributed by atoms with E-state index in [1.54, 1.807) is 48.3 Å². The Morgan fingerprint density at radius 2 is 1.95 bits per heavy atom. The van der Waals surface area contributed by atoms with E-state index in [1.807, 2.05) is 6.07 Å². The maximum Gasteiger partial charge on any atom is 0.167 e. The van der Waals surface area contributed by atoms with Gasteiger partial charge in [0.25, 0.3) is 0 Å². The van der Waals surface area contributed by atoms with E-state index in [-0.39, 0.29) is 5.75 Å². The number of benzene rings is 2. The number of halogens is 1. The highest BCUT2D eigenvalue weighted by atomic mass is 19.1. The predicted molar refractivity (Wildman–Crippen MR) is 82.3 cm³/mol. The third kappa shape index (κ3) is 3.54. The molecule has 5 heteroatoms. The Bertz CT molecular complexity index is 680. The molecule has 1 atom stereocenters. The quantitative estimate of drug-likeness (QED) is 0.922. The van der Waals surface area contributed by atoms with Crippen LogP contribution in [0.2, 0.25) is 0 Å². The van der Waals surface area contributed by atoms with Gasteiger partial charge in [-0.05, 0) is 29.8 Å². The summed E-state index contributed by atoms with van der Waals surface area (Å²) in [5, 5.41) is 19.0. The van der Waals surface area contributed by atoms with Crippen LogP contribution in [0.1, 0.15) is 17.2 Å². The van der Waals surface area contributed by atoms with Crippen LogP contribution in [0, 0.1) is 17.1 Å². The Hall–Kier alpha value is -2.58. The number of rotatable bonds is 5. The predicted octanol–water partition coefficient (Wildman–Crippen LogP) is 2.88. The van der Waals surface area contributed by atoms with E-state index < -0.39 is 11.9 Å². The fraction of sp³-hybridized carbons (Fsp3) is 0.235. The van der Waals surface area contributed by atoms with Crippen LogP contribution in [0.5, 0.6) is 5.75 Å². The zero-order chi connectivity index (χ0) is 16.1. The molecule has 0 aliphatic heterocycles. The third-order valence-electron chi connectivity index (χ3n) is 3.45. The minimum Gasteiger partial charge on any atom is -0.494 e. The van der Waals surface area contributed by atoms with Gasteiger partial charge in [-0.2, -0.15) is 5.26 Å². The molecule has 22 heavy (non-hydrogen) atoms. The van der Waals surface area contributed by atoms with Crippen molar-refractivity contribution in [2.45, 2.75) is 6.10 Å². The van der Waals surface area contributed by atoms with E-state index in [0.29, 0.717) is 23.4 Å². The Kier molecular flexibility index (Phi) is 4.97. The van der Waals surface area contributed by atoms with Crippen LogP contribution >= 0.6 is 0 Å². The first-order valence-electron chi connectivity index (χ1n) is 6.78. The van der Waals surface area contributed by atoms with Crippen molar-refractivity contribution in [2.75, 3.05) is 25.6 Å². The van der Waals surface area contributed by atoms with E-state index >= 15 is 0 Å². The number of hydrogen-bond donors (Lipinski definition) is 1. The number of aliphatic hydroxyl groups excluding tert-OH is 1. The molecule has 0 fully saturated rings. The van der Waals surface area contributed by atoms with Gasteiger partial charge < -0.3 is 14.7 Å². The number of likely N-dealkylation sites (N-methyl/N-ethyl adjacent to an activating group) is 1. The molecule has 0 radical (unpaired) electrons. The second-order valence-electron chi connectivity index (χ2n) is 4.95. The smallest absolute Gasteiger partial charge is 0.167 e. The molecule has 0 spiro atoms. The standard InChI is InChI=1S/C17H17FN2O2/c1-20(14-7-8-17(22-2)15(18)9-14)11-16(21)13-5-3-12(10-19)4-6-13/h3-9,16,21H,11H2,1-2H3. The molecule has 0 aliphatic carbocycles. The van der Waals surface area contributed by atoms with Crippen molar-refractivity contribution in [1.29, 1.82) is 5.26 Å². The van der Waals surface area contributed by atoms with E-state index in [0.717, 1.165) is 0 Å². The van der Waals surface area contributed by atoms with Gasteiger partial charge in [0.15, 0.2) is 11.6 Å². The lowest BCUT2D eigenvalue weighted by Gasteiger charge is -2.23. The zero-order valence-electron chi connectivity index (χ0n) is 12.5. The molecule has 0 heterocycles. The van der Waals surface area contributed by atoms with Gasteiger partial charge in [0.05, 0.1) is 24.8 Å². The van der Waals surface area contributed by atoms with E-state index in [2.05, 4.69) is 0 Å². The zero-order valence-corrected chi connectivity index (χ0v) is 12.5. The molecule has 0 amide bonds. The number of nitrogens with zero attached hydrogens (tertiary/aromatic N) is 2. The molecule has 2 rings (SSSR count). The Morgan fingerprint density at radius 3 is 2.50 bits per heavy atom. The first-order valence-corrected chi connectivity index (χ1v) is 6.78. The fourth-order valence-corrected chi connectivity index (χ4v) is 2.14. The number of methoxy groups -OCH3 is 1. The lowest BCUT2D eigenvalue weighted by molar-refractivity contribution is 0.185. The van der Waals surface area contributed by atoms with Crippen LogP contribution in [0.15, 0.2) is 42.5 Å². The lowest BCUT2D eigenvalue weighted by atomic mass is 10.1. The molecule has 114 valence electrons. The van der Waals surface area contributed by atoms with Gasteiger partial charge >= 0.3 is 0 Å². The lowest BCUT2D eigenvalue weighted by Crippen LogP contribution is -2.24. The Balaban J connectivity index is 2.08. The largest absolute Gasteiger partial charge is 0.494 e. The van der Waals surface area contributed by atoms with Gasteiger partial charge in [-0.25, -0.2) is 4.39 Å². The van der Waals surface area contributed by atoms with Crippen LogP contribution in [-0.4, -0.2) is 25.8 Å². The summed E-state index contributed by atoms with van der Waals surface area (Å²) in [4.78, 5) is 1.76. The summed E-state index contributed by atoms with van der Waals surface area (Å²) < 4.78 is 18.6. The molecular formula is C17H17FN2O2. The first kappa shape index (κ1) is 15.8. The van der Waals surface area contributed by atoms with Gasteiger partial charge in [-0.1, -0.05) is 12.1 Å². The number of ether oxygens (including phenoxy) is 1. The highest BCUT2D eigenvalue weighted by Gasteiger charge is 2.13. The summed E-state index contributed by atoms with van der Waals surface area (Å²) in [6.07, 6.45) is -0.733. The molecule has 2 aromatic rings. The molecule has 0 aromatic heterocycles. The van der Waals surface area contributed by atoms with Crippen molar-refractivity contribution in [2.24, 2.45) is 0 Å². The molecular weight excluding hydrogens is 283 g/mol. The van der Waals surface area contributed by atoms with Crippen molar-refractivity contribution in [1.82, 2.24) is 0 Å². The van der Waals surface area contributed by atoms with Crippen molar-refractivity contribution in [3.05, 3.63) is 59.4 Å².